The quantitative estimate of drug-likeness (QED) is 0.729. The lowest BCUT2D eigenvalue weighted by Crippen LogP contribution is -2.38. The first-order chi connectivity index (χ1) is 10.1. The van der Waals surface area contributed by atoms with Crippen molar-refractivity contribution >= 4 is 16.9 Å². The molecule has 2 aromatic rings. The number of aryl methyl sites for hydroxylation is 2. The smallest absolute Gasteiger partial charge is 0.220 e. The van der Waals surface area contributed by atoms with Crippen LogP contribution in [0.3, 0.4) is 0 Å². The number of imidazole rings is 1. The molecule has 0 aliphatic carbocycles. The molecule has 0 saturated carbocycles. The molecule has 0 fully saturated rings. The van der Waals surface area contributed by atoms with E-state index in [1.807, 2.05) is 25.1 Å². The van der Waals surface area contributed by atoms with Gasteiger partial charge in [-0.1, -0.05) is 19.1 Å². The first kappa shape index (κ1) is 15.5. The molecule has 3 N–H and O–H groups in total. The summed E-state index contributed by atoms with van der Waals surface area (Å²) in [4.78, 5) is 19.7. The van der Waals surface area contributed by atoms with Crippen LogP contribution >= 0.6 is 0 Å². The van der Waals surface area contributed by atoms with Gasteiger partial charge < -0.3 is 15.6 Å². The van der Waals surface area contributed by atoms with E-state index in [0.29, 0.717) is 25.4 Å². The number of H-pyrrole nitrogens is 1. The van der Waals surface area contributed by atoms with Crippen molar-refractivity contribution in [3.05, 3.63) is 29.6 Å². The Bertz CT molecular complexity index is 605. The second-order valence-electron chi connectivity index (χ2n) is 5.42. The summed E-state index contributed by atoms with van der Waals surface area (Å²) in [7, 11) is 0. The summed E-state index contributed by atoms with van der Waals surface area (Å²) in [5.74, 6) is 0.936. The summed E-state index contributed by atoms with van der Waals surface area (Å²) < 4.78 is 0. The summed E-state index contributed by atoms with van der Waals surface area (Å²) >= 11 is 0. The predicted molar refractivity (Wildman–Crippen MR) is 85.3 cm³/mol. The lowest BCUT2D eigenvalue weighted by atomic mass is 10.2. The minimum atomic E-state index is 0.0666. The number of fused-ring (bicyclic) bond motifs is 1. The fraction of sp³-hybridized carbons (Fsp3) is 0.500. The summed E-state index contributed by atoms with van der Waals surface area (Å²) in [5, 5.41) is 6.20. The minimum absolute atomic E-state index is 0.0666. The highest BCUT2D eigenvalue weighted by atomic mass is 16.1. The van der Waals surface area contributed by atoms with Crippen LogP contribution in [-0.2, 0) is 11.2 Å². The van der Waals surface area contributed by atoms with Gasteiger partial charge in [-0.05, 0) is 32.0 Å². The predicted octanol–water partition coefficient (Wildman–Crippen LogP) is 1.92. The Morgan fingerprint density at radius 3 is 2.95 bits per heavy atom. The van der Waals surface area contributed by atoms with Gasteiger partial charge in [0.15, 0.2) is 0 Å². The number of aromatic nitrogens is 2. The van der Waals surface area contributed by atoms with E-state index in [-0.39, 0.29) is 5.91 Å². The molecular weight excluding hydrogens is 264 g/mol. The molecule has 0 aliphatic rings. The van der Waals surface area contributed by atoms with E-state index in [1.165, 1.54) is 0 Å². The summed E-state index contributed by atoms with van der Waals surface area (Å²) in [6.07, 6.45) is 1.09. The Labute approximate surface area is 125 Å². The van der Waals surface area contributed by atoms with Gasteiger partial charge in [0.2, 0.25) is 5.91 Å². The van der Waals surface area contributed by atoms with Crippen LogP contribution < -0.4 is 10.6 Å². The van der Waals surface area contributed by atoms with Crippen molar-refractivity contribution < 1.29 is 4.79 Å². The highest BCUT2D eigenvalue weighted by Crippen LogP contribution is 2.15. The maximum atomic E-state index is 11.8. The van der Waals surface area contributed by atoms with E-state index in [2.05, 4.69) is 34.4 Å². The van der Waals surface area contributed by atoms with Crippen LogP contribution in [0.15, 0.2) is 18.2 Å². The van der Waals surface area contributed by atoms with Crippen LogP contribution in [0, 0.1) is 6.92 Å². The highest BCUT2D eigenvalue weighted by molar-refractivity contribution is 5.79. The SMILES string of the molecule is CCN[C@H](C)CNC(=O)CCc1nc2c(C)cccc2[nH]1. The molecule has 5 nitrogen and oxygen atoms in total. The minimum Gasteiger partial charge on any atom is -0.355 e. The van der Waals surface area contributed by atoms with Crippen molar-refractivity contribution in [3.8, 4) is 0 Å². The zero-order chi connectivity index (χ0) is 15.2. The van der Waals surface area contributed by atoms with Crippen molar-refractivity contribution in [1.82, 2.24) is 20.6 Å². The summed E-state index contributed by atoms with van der Waals surface area (Å²) in [6.45, 7) is 7.73. The van der Waals surface area contributed by atoms with E-state index in [4.69, 9.17) is 0 Å². The largest absolute Gasteiger partial charge is 0.355 e. The number of nitrogens with zero attached hydrogens (tertiary/aromatic N) is 1. The molecule has 0 bridgehead atoms. The van der Waals surface area contributed by atoms with E-state index < -0.39 is 0 Å². The summed E-state index contributed by atoms with van der Waals surface area (Å²) in [6, 6.07) is 6.36. The third-order valence-electron chi connectivity index (χ3n) is 3.51. The Morgan fingerprint density at radius 2 is 2.24 bits per heavy atom. The standard InChI is InChI=1S/C16H24N4O/c1-4-17-12(3)10-18-15(21)9-8-14-19-13-7-5-6-11(2)16(13)20-14/h5-7,12,17H,4,8-10H2,1-3H3,(H,18,21)(H,19,20)/t12-/m1/s1. The topological polar surface area (TPSA) is 69.8 Å². The molecule has 2 rings (SSSR count). The molecule has 21 heavy (non-hydrogen) atoms. The molecule has 1 amide bonds. The zero-order valence-corrected chi connectivity index (χ0v) is 13.0. The first-order valence-electron chi connectivity index (χ1n) is 7.54. The van der Waals surface area contributed by atoms with Gasteiger partial charge in [0, 0.05) is 25.4 Å². The number of rotatable bonds is 7. The molecular formula is C16H24N4O. The van der Waals surface area contributed by atoms with Gasteiger partial charge in [-0.2, -0.15) is 0 Å². The first-order valence-corrected chi connectivity index (χ1v) is 7.54. The molecule has 1 heterocycles. The van der Waals surface area contributed by atoms with Gasteiger partial charge >= 0.3 is 0 Å². The van der Waals surface area contributed by atoms with E-state index in [9.17, 15) is 4.79 Å². The van der Waals surface area contributed by atoms with Gasteiger partial charge in [0.1, 0.15) is 5.82 Å². The van der Waals surface area contributed by atoms with Crippen LogP contribution in [0.2, 0.25) is 0 Å². The van der Waals surface area contributed by atoms with Gasteiger partial charge in [0.05, 0.1) is 11.0 Å². The Balaban J connectivity index is 1.84. The fourth-order valence-corrected chi connectivity index (χ4v) is 2.35. The maximum absolute atomic E-state index is 11.8. The number of hydrogen-bond acceptors (Lipinski definition) is 3. The third-order valence-corrected chi connectivity index (χ3v) is 3.51. The number of benzene rings is 1. The molecule has 5 heteroatoms. The van der Waals surface area contributed by atoms with Crippen LogP contribution in [0.25, 0.3) is 11.0 Å². The molecule has 0 spiro atoms. The lowest BCUT2D eigenvalue weighted by Gasteiger charge is -2.12. The lowest BCUT2D eigenvalue weighted by molar-refractivity contribution is -0.121. The van der Waals surface area contributed by atoms with Gasteiger partial charge in [-0.25, -0.2) is 4.98 Å². The van der Waals surface area contributed by atoms with Gasteiger partial charge in [-0.3, -0.25) is 4.79 Å². The second kappa shape index (κ2) is 7.22. The van der Waals surface area contributed by atoms with Crippen molar-refractivity contribution in [3.63, 3.8) is 0 Å². The van der Waals surface area contributed by atoms with Crippen LogP contribution in [0.4, 0.5) is 0 Å². The van der Waals surface area contributed by atoms with Crippen LogP contribution in [-0.4, -0.2) is 35.0 Å². The normalized spacial score (nSPS) is 12.5. The number of hydrogen-bond donors (Lipinski definition) is 3. The van der Waals surface area contributed by atoms with Gasteiger partial charge in [-0.15, -0.1) is 0 Å². The number of carbonyl (C=O) groups is 1. The van der Waals surface area contributed by atoms with Crippen molar-refractivity contribution in [2.45, 2.75) is 39.7 Å². The van der Waals surface area contributed by atoms with Crippen LogP contribution in [0.5, 0.6) is 0 Å². The maximum Gasteiger partial charge on any atom is 0.220 e. The number of para-hydroxylation sites is 1. The molecule has 0 unspecified atom stereocenters. The number of carbonyl (C=O) groups excluding carboxylic acids is 1. The monoisotopic (exact) mass is 288 g/mol. The number of likely N-dealkylation sites (N-methyl/N-ethyl adjacent to an activating group) is 1. The Morgan fingerprint density at radius 1 is 1.43 bits per heavy atom. The molecule has 1 atom stereocenters. The molecule has 0 aliphatic heterocycles. The Kier molecular flexibility index (Phi) is 5.33. The number of nitrogens with one attached hydrogen (secondary N) is 3. The average Bonchev–Trinajstić information content (AvgIpc) is 2.88. The summed E-state index contributed by atoms with van der Waals surface area (Å²) in [5.41, 5.74) is 3.18. The average molecular weight is 288 g/mol. The van der Waals surface area contributed by atoms with Gasteiger partial charge in [0.25, 0.3) is 0 Å². The van der Waals surface area contributed by atoms with Crippen molar-refractivity contribution in [2.24, 2.45) is 0 Å². The van der Waals surface area contributed by atoms with Crippen molar-refractivity contribution in [1.29, 1.82) is 0 Å². The Hall–Kier alpha value is -1.88. The molecule has 114 valence electrons. The zero-order valence-electron chi connectivity index (χ0n) is 13.0. The molecule has 1 aromatic heterocycles. The molecule has 0 saturated heterocycles. The van der Waals surface area contributed by atoms with Crippen molar-refractivity contribution in [2.75, 3.05) is 13.1 Å². The third kappa shape index (κ3) is 4.29. The van der Waals surface area contributed by atoms with Crippen LogP contribution in [0.1, 0.15) is 31.7 Å². The number of amides is 1. The molecule has 0 radical (unpaired) electrons. The van der Waals surface area contributed by atoms with E-state index in [0.717, 1.165) is 29.0 Å². The number of aromatic amines is 1. The fourth-order valence-electron chi connectivity index (χ4n) is 2.35. The second-order valence-corrected chi connectivity index (χ2v) is 5.42. The van der Waals surface area contributed by atoms with E-state index in [1.54, 1.807) is 0 Å². The highest BCUT2D eigenvalue weighted by Gasteiger charge is 2.08. The molecule has 1 aromatic carbocycles. The van der Waals surface area contributed by atoms with E-state index >= 15 is 0 Å².